The Morgan fingerprint density at radius 2 is 1.67 bits per heavy atom. The SMILES string of the molecule is C=C(CO)C(=O)OCCC(COC)C1CCC(C2CCC(CCCCC)CC2)CC1. The van der Waals surface area contributed by atoms with Gasteiger partial charge in [0.25, 0.3) is 0 Å². The molecule has 30 heavy (non-hydrogen) atoms. The van der Waals surface area contributed by atoms with E-state index >= 15 is 0 Å². The molecule has 2 rings (SSSR count). The van der Waals surface area contributed by atoms with Crippen molar-refractivity contribution in [1.29, 1.82) is 0 Å². The molecule has 0 aromatic carbocycles. The molecule has 0 saturated heterocycles. The minimum atomic E-state index is -0.484. The molecule has 0 aromatic rings. The number of hydrogen-bond donors (Lipinski definition) is 1. The van der Waals surface area contributed by atoms with Gasteiger partial charge in [-0.3, -0.25) is 0 Å². The van der Waals surface area contributed by atoms with Gasteiger partial charge >= 0.3 is 5.97 Å². The van der Waals surface area contributed by atoms with Crippen LogP contribution < -0.4 is 0 Å². The molecule has 1 unspecified atom stereocenters. The fraction of sp³-hybridized carbons (Fsp3) is 0.885. The maximum atomic E-state index is 11.7. The molecular formula is C26H46O4. The number of esters is 1. The largest absolute Gasteiger partial charge is 0.462 e. The number of unbranched alkanes of at least 4 members (excludes halogenated alkanes) is 2. The lowest BCUT2D eigenvalue weighted by Crippen LogP contribution is -2.30. The van der Waals surface area contributed by atoms with Crippen LogP contribution in [-0.4, -0.2) is 38.0 Å². The number of carbonyl (C=O) groups excluding carboxylic acids is 1. The lowest BCUT2D eigenvalue weighted by Gasteiger charge is -2.39. The maximum Gasteiger partial charge on any atom is 0.335 e. The predicted molar refractivity (Wildman–Crippen MR) is 122 cm³/mol. The summed E-state index contributed by atoms with van der Waals surface area (Å²) in [7, 11) is 1.76. The smallest absolute Gasteiger partial charge is 0.335 e. The molecule has 4 heteroatoms. The van der Waals surface area contributed by atoms with Crippen LogP contribution in [0.4, 0.5) is 0 Å². The standard InChI is InChI=1S/C26H46O4/c1-4-5-6-7-21-8-10-22(11-9-21)23-12-14-24(15-13-23)25(19-29-3)16-17-30-26(28)20(2)18-27/h21-25,27H,2,4-19H2,1,3H3. The first kappa shape index (κ1) is 25.4. The van der Waals surface area contributed by atoms with Crippen LogP contribution in [0, 0.1) is 29.6 Å². The average molecular weight is 423 g/mol. The zero-order valence-corrected chi connectivity index (χ0v) is 19.6. The van der Waals surface area contributed by atoms with Crippen LogP contribution in [0.3, 0.4) is 0 Å². The van der Waals surface area contributed by atoms with Gasteiger partial charge < -0.3 is 14.6 Å². The molecule has 1 atom stereocenters. The molecule has 174 valence electrons. The number of ether oxygens (including phenoxy) is 2. The third kappa shape index (κ3) is 8.34. The molecule has 0 aromatic heterocycles. The minimum Gasteiger partial charge on any atom is -0.462 e. The van der Waals surface area contributed by atoms with E-state index in [-0.39, 0.29) is 12.2 Å². The summed E-state index contributed by atoms with van der Waals surface area (Å²) in [5.74, 6) is 3.51. The molecule has 0 heterocycles. The van der Waals surface area contributed by atoms with Gasteiger partial charge in [0.05, 0.1) is 18.8 Å². The molecule has 0 amide bonds. The number of carbonyl (C=O) groups is 1. The van der Waals surface area contributed by atoms with E-state index in [2.05, 4.69) is 13.5 Å². The molecule has 2 aliphatic rings. The Hall–Kier alpha value is -0.870. The average Bonchev–Trinajstić information content (AvgIpc) is 2.78. The number of aliphatic hydroxyl groups is 1. The van der Waals surface area contributed by atoms with Crippen LogP contribution in [0.5, 0.6) is 0 Å². The van der Waals surface area contributed by atoms with Crippen LogP contribution in [0.2, 0.25) is 0 Å². The highest BCUT2D eigenvalue weighted by molar-refractivity contribution is 5.87. The summed E-state index contributed by atoms with van der Waals surface area (Å²) >= 11 is 0. The van der Waals surface area contributed by atoms with Gasteiger partial charge in [-0.1, -0.05) is 52.0 Å². The monoisotopic (exact) mass is 422 g/mol. The van der Waals surface area contributed by atoms with Gasteiger partial charge in [0.2, 0.25) is 0 Å². The van der Waals surface area contributed by atoms with Crippen molar-refractivity contribution in [3.63, 3.8) is 0 Å². The summed E-state index contributed by atoms with van der Waals surface area (Å²) < 4.78 is 10.8. The zero-order valence-electron chi connectivity index (χ0n) is 19.6. The van der Waals surface area contributed by atoms with Crippen molar-refractivity contribution < 1.29 is 19.4 Å². The van der Waals surface area contributed by atoms with Crippen LogP contribution in [0.1, 0.15) is 90.4 Å². The molecule has 0 spiro atoms. The number of aliphatic hydroxyl groups excluding tert-OH is 1. The topological polar surface area (TPSA) is 55.8 Å². The van der Waals surface area contributed by atoms with Crippen LogP contribution >= 0.6 is 0 Å². The third-order valence-electron chi connectivity index (χ3n) is 7.84. The molecule has 0 aliphatic heterocycles. The number of rotatable bonds is 13. The van der Waals surface area contributed by atoms with E-state index < -0.39 is 5.97 Å². The lowest BCUT2D eigenvalue weighted by atomic mass is 9.67. The van der Waals surface area contributed by atoms with E-state index in [0.717, 1.165) is 30.8 Å². The highest BCUT2D eigenvalue weighted by Gasteiger charge is 2.33. The van der Waals surface area contributed by atoms with Crippen LogP contribution in [0.15, 0.2) is 12.2 Å². The highest BCUT2D eigenvalue weighted by Crippen LogP contribution is 2.44. The summed E-state index contributed by atoms with van der Waals surface area (Å²) in [6.45, 7) is 6.59. The maximum absolute atomic E-state index is 11.7. The zero-order chi connectivity index (χ0) is 21.8. The first-order valence-corrected chi connectivity index (χ1v) is 12.5. The van der Waals surface area contributed by atoms with Crippen molar-refractivity contribution in [2.24, 2.45) is 29.6 Å². The Morgan fingerprint density at radius 1 is 1.03 bits per heavy atom. The molecular weight excluding hydrogens is 376 g/mol. The first-order chi connectivity index (χ1) is 14.6. The van der Waals surface area contributed by atoms with E-state index in [0.29, 0.717) is 18.4 Å². The Morgan fingerprint density at radius 3 is 2.23 bits per heavy atom. The highest BCUT2D eigenvalue weighted by atomic mass is 16.5. The van der Waals surface area contributed by atoms with Gasteiger partial charge in [0.1, 0.15) is 0 Å². The Bertz CT molecular complexity index is 487. The van der Waals surface area contributed by atoms with Gasteiger partial charge in [0.15, 0.2) is 0 Å². The first-order valence-electron chi connectivity index (χ1n) is 12.5. The van der Waals surface area contributed by atoms with Crippen molar-refractivity contribution in [2.45, 2.75) is 90.4 Å². The van der Waals surface area contributed by atoms with Gasteiger partial charge in [-0.25, -0.2) is 4.79 Å². The molecule has 2 aliphatic carbocycles. The molecule has 4 nitrogen and oxygen atoms in total. The summed E-state index contributed by atoms with van der Waals surface area (Å²) in [5, 5.41) is 8.98. The second kappa shape index (κ2) is 14.2. The summed E-state index contributed by atoms with van der Waals surface area (Å²) in [6.07, 6.45) is 17.6. The molecule has 2 saturated carbocycles. The van der Waals surface area contributed by atoms with E-state index in [4.69, 9.17) is 14.6 Å². The van der Waals surface area contributed by atoms with E-state index in [1.54, 1.807) is 7.11 Å². The molecule has 0 bridgehead atoms. The van der Waals surface area contributed by atoms with E-state index in [1.807, 2.05) is 0 Å². The minimum absolute atomic E-state index is 0.124. The fourth-order valence-corrected chi connectivity index (χ4v) is 5.86. The Labute approximate surface area is 184 Å². The van der Waals surface area contributed by atoms with Gasteiger partial charge in [-0.15, -0.1) is 0 Å². The normalized spacial score (nSPS) is 28.1. The van der Waals surface area contributed by atoms with Gasteiger partial charge in [0, 0.05) is 13.7 Å². The quantitative estimate of drug-likeness (QED) is 0.227. The Balaban J connectivity index is 1.69. The second-order valence-corrected chi connectivity index (χ2v) is 9.85. The van der Waals surface area contributed by atoms with Crippen molar-refractivity contribution in [3.05, 3.63) is 12.2 Å². The van der Waals surface area contributed by atoms with Gasteiger partial charge in [-0.05, 0) is 74.5 Å². The second-order valence-electron chi connectivity index (χ2n) is 9.85. The number of methoxy groups -OCH3 is 1. The summed E-state index contributed by atoms with van der Waals surface area (Å²) in [5.41, 5.74) is 0.124. The lowest BCUT2D eigenvalue weighted by molar-refractivity contribution is -0.140. The molecule has 1 N–H and O–H groups in total. The van der Waals surface area contributed by atoms with Crippen molar-refractivity contribution in [3.8, 4) is 0 Å². The third-order valence-corrected chi connectivity index (χ3v) is 7.84. The number of hydrogen-bond acceptors (Lipinski definition) is 4. The van der Waals surface area contributed by atoms with Crippen molar-refractivity contribution in [1.82, 2.24) is 0 Å². The molecule has 2 fully saturated rings. The summed E-state index contributed by atoms with van der Waals surface area (Å²) in [6, 6.07) is 0. The van der Waals surface area contributed by atoms with E-state index in [1.165, 1.54) is 77.0 Å². The van der Waals surface area contributed by atoms with Crippen molar-refractivity contribution >= 4 is 5.97 Å². The fourth-order valence-electron chi connectivity index (χ4n) is 5.86. The molecule has 0 radical (unpaired) electrons. The van der Waals surface area contributed by atoms with Gasteiger partial charge in [-0.2, -0.15) is 0 Å². The Kier molecular flexibility index (Phi) is 12.1. The van der Waals surface area contributed by atoms with Crippen molar-refractivity contribution in [2.75, 3.05) is 26.9 Å². The van der Waals surface area contributed by atoms with Crippen LogP contribution in [-0.2, 0) is 14.3 Å². The van der Waals surface area contributed by atoms with E-state index in [9.17, 15) is 4.79 Å². The van der Waals surface area contributed by atoms with Crippen LogP contribution in [0.25, 0.3) is 0 Å². The predicted octanol–water partition coefficient (Wildman–Crippen LogP) is 5.92. The summed E-state index contributed by atoms with van der Waals surface area (Å²) in [4.78, 5) is 11.7.